The Balaban J connectivity index is 1.38. The minimum absolute atomic E-state index is 0.0114. The molecule has 0 amide bonds. The first-order chi connectivity index (χ1) is 15.6. The van der Waals surface area contributed by atoms with E-state index in [0.717, 1.165) is 34.6 Å². The van der Waals surface area contributed by atoms with Crippen molar-refractivity contribution in [1.29, 1.82) is 0 Å². The van der Waals surface area contributed by atoms with Crippen LogP contribution in [0.5, 0.6) is 11.5 Å². The van der Waals surface area contributed by atoms with Gasteiger partial charge in [0.2, 0.25) is 0 Å². The van der Waals surface area contributed by atoms with Crippen LogP contribution in [0.4, 0.5) is 0 Å². The third-order valence-electron chi connectivity index (χ3n) is 5.70. The summed E-state index contributed by atoms with van der Waals surface area (Å²) in [6, 6.07) is 21.9. The summed E-state index contributed by atoms with van der Waals surface area (Å²) in [5.74, 6) is 1.53. The molecule has 6 heteroatoms. The maximum Gasteiger partial charge on any atom is 0.258 e. The van der Waals surface area contributed by atoms with Crippen molar-refractivity contribution in [1.82, 2.24) is 4.37 Å². The summed E-state index contributed by atoms with van der Waals surface area (Å²) in [5, 5.41) is 0.625. The second-order valence-electron chi connectivity index (χ2n) is 7.70. The number of aromatic nitrogens is 1. The zero-order valence-corrected chi connectivity index (χ0v) is 19.1. The molecular weight excluding hydrogens is 442 g/mol. The molecule has 0 radical (unpaired) electrons. The predicted molar refractivity (Wildman–Crippen MR) is 130 cm³/mol. The lowest BCUT2D eigenvalue weighted by atomic mass is 9.96. The SMILES string of the molecule is CCOc1ccc(-c2cccc3c2CC[C@H]3Oc2ccc(-c3cc(=O)[nH]s3)cc2)cc1Cl. The number of nitrogens with one attached hydrogen (secondary N) is 1. The first-order valence-corrected chi connectivity index (χ1v) is 11.8. The molecule has 5 rings (SSSR count). The summed E-state index contributed by atoms with van der Waals surface area (Å²) in [4.78, 5) is 12.3. The van der Waals surface area contributed by atoms with Crippen LogP contribution in [0.2, 0.25) is 5.02 Å². The summed E-state index contributed by atoms with van der Waals surface area (Å²) in [5.41, 5.74) is 5.74. The Morgan fingerprint density at radius 1 is 1.06 bits per heavy atom. The largest absolute Gasteiger partial charge is 0.492 e. The summed E-state index contributed by atoms with van der Waals surface area (Å²) in [6.07, 6.45) is 1.89. The van der Waals surface area contributed by atoms with Gasteiger partial charge in [-0.3, -0.25) is 9.17 Å². The molecule has 0 saturated heterocycles. The number of H-pyrrole nitrogens is 1. The molecule has 4 aromatic rings. The number of hydrogen-bond acceptors (Lipinski definition) is 4. The maximum absolute atomic E-state index is 11.4. The van der Waals surface area contributed by atoms with Crippen LogP contribution in [0.25, 0.3) is 21.6 Å². The van der Waals surface area contributed by atoms with Gasteiger partial charge < -0.3 is 9.47 Å². The van der Waals surface area contributed by atoms with Gasteiger partial charge in [-0.15, -0.1) is 0 Å². The van der Waals surface area contributed by atoms with Crippen molar-refractivity contribution < 1.29 is 9.47 Å². The molecule has 1 N–H and O–H groups in total. The van der Waals surface area contributed by atoms with Crippen LogP contribution in [-0.4, -0.2) is 11.0 Å². The lowest BCUT2D eigenvalue weighted by molar-refractivity contribution is 0.207. The van der Waals surface area contributed by atoms with E-state index in [1.807, 2.05) is 43.3 Å². The van der Waals surface area contributed by atoms with Gasteiger partial charge >= 0.3 is 0 Å². The topological polar surface area (TPSA) is 51.3 Å². The third kappa shape index (κ3) is 4.06. The van der Waals surface area contributed by atoms with E-state index >= 15 is 0 Å². The number of ether oxygens (including phenoxy) is 2. The first-order valence-electron chi connectivity index (χ1n) is 10.6. The Morgan fingerprint density at radius 2 is 1.88 bits per heavy atom. The van der Waals surface area contributed by atoms with E-state index in [4.69, 9.17) is 21.1 Å². The van der Waals surface area contributed by atoms with Crippen molar-refractivity contribution in [3.05, 3.63) is 93.2 Å². The van der Waals surface area contributed by atoms with E-state index in [1.54, 1.807) is 6.07 Å². The molecule has 1 aliphatic rings. The van der Waals surface area contributed by atoms with E-state index in [9.17, 15) is 4.79 Å². The van der Waals surface area contributed by atoms with Gasteiger partial charge in [-0.1, -0.05) is 47.4 Å². The molecular formula is C26H22ClNO3S. The normalized spacial score (nSPS) is 14.9. The number of halogens is 1. The highest BCUT2D eigenvalue weighted by Crippen LogP contribution is 2.41. The minimum atomic E-state index is -0.0717. The lowest BCUT2D eigenvalue weighted by Crippen LogP contribution is -2.03. The molecule has 32 heavy (non-hydrogen) atoms. The molecule has 0 aliphatic heterocycles. The monoisotopic (exact) mass is 463 g/mol. The minimum Gasteiger partial charge on any atom is -0.492 e. The van der Waals surface area contributed by atoms with Crippen molar-refractivity contribution in [2.75, 3.05) is 6.61 Å². The van der Waals surface area contributed by atoms with Gasteiger partial charge in [-0.2, -0.15) is 0 Å². The van der Waals surface area contributed by atoms with E-state index in [1.165, 1.54) is 28.2 Å². The van der Waals surface area contributed by atoms with Crippen LogP contribution in [0.1, 0.15) is 30.6 Å². The fourth-order valence-corrected chi connectivity index (χ4v) is 5.16. The van der Waals surface area contributed by atoms with Crippen molar-refractivity contribution in [3.8, 4) is 33.1 Å². The third-order valence-corrected chi connectivity index (χ3v) is 6.87. The molecule has 1 aliphatic carbocycles. The van der Waals surface area contributed by atoms with Gasteiger partial charge in [0, 0.05) is 6.07 Å². The van der Waals surface area contributed by atoms with Crippen LogP contribution in [0, 0.1) is 0 Å². The smallest absolute Gasteiger partial charge is 0.258 e. The number of benzene rings is 3. The fourth-order valence-electron chi connectivity index (χ4n) is 4.24. The van der Waals surface area contributed by atoms with Crippen LogP contribution < -0.4 is 15.0 Å². The summed E-state index contributed by atoms with van der Waals surface area (Å²) in [6.45, 7) is 2.54. The fraction of sp³-hybridized carbons (Fsp3) is 0.192. The van der Waals surface area contributed by atoms with Crippen molar-refractivity contribution in [2.45, 2.75) is 25.9 Å². The molecule has 1 aromatic heterocycles. The zero-order valence-electron chi connectivity index (χ0n) is 17.6. The predicted octanol–water partition coefficient (Wildman–Crippen LogP) is 6.89. The highest BCUT2D eigenvalue weighted by molar-refractivity contribution is 7.09. The Hall–Kier alpha value is -3.02. The maximum atomic E-state index is 11.4. The quantitative estimate of drug-likeness (QED) is 0.338. The Morgan fingerprint density at radius 3 is 2.59 bits per heavy atom. The van der Waals surface area contributed by atoms with Crippen LogP contribution in [-0.2, 0) is 6.42 Å². The van der Waals surface area contributed by atoms with Gasteiger partial charge in [0.1, 0.15) is 17.6 Å². The molecule has 3 aromatic carbocycles. The molecule has 4 nitrogen and oxygen atoms in total. The van der Waals surface area contributed by atoms with Gasteiger partial charge in [0.25, 0.3) is 5.56 Å². The average Bonchev–Trinajstić information content (AvgIpc) is 3.42. The van der Waals surface area contributed by atoms with Crippen molar-refractivity contribution in [2.24, 2.45) is 0 Å². The van der Waals surface area contributed by atoms with Crippen molar-refractivity contribution >= 4 is 23.1 Å². The highest BCUT2D eigenvalue weighted by Gasteiger charge is 2.26. The lowest BCUT2D eigenvalue weighted by Gasteiger charge is -2.16. The van der Waals surface area contributed by atoms with E-state index < -0.39 is 0 Å². The van der Waals surface area contributed by atoms with Gasteiger partial charge in [0.05, 0.1) is 16.5 Å². The van der Waals surface area contributed by atoms with Crippen LogP contribution in [0.3, 0.4) is 0 Å². The van der Waals surface area contributed by atoms with E-state index in [0.29, 0.717) is 17.4 Å². The molecule has 0 saturated carbocycles. The second kappa shape index (κ2) is 8.85. The van der Waals surface area contributed by atoms with Gasteiger partial charge in [-0.05, 0) is 84.0 Å². The van der Waals surface area contributed by atoms with E-state index in [-0.39, 0.29) is 11.7 Å². The molecule has 0 fully saturated rings. The average molecular weight is 464 g/mol. The highest BCUT2D eigenvalue weighted by atomic mass is 35.5. The molecule has 1 heterocycles. The first kappa shape index (κ1) is 20.9. The standard InChI is InChI=1S/C26H22ClNO3S/c1-2-30-24-12-8-17(14-22(24)27)19-4-3-5-21-20(19)11-13-23(21)31-18-9-6-16(7-10-18)25-15-26(29)28-32-25/h3-10,12,14-15,23H,2,11,13H2,1H3,(H,28,29)/t23-/m1/s1. The number of hydrogen-bond donors (Lipinski definition) is 1. The second-order valence-corrected chi connectivity index (χ2v) is 8.95. The molecule has 1 atom stereocenters. The Bertz CT molecular complexity index is 1310. The van der Waals surface area contributed by atoms with Crippen LogP contribution in [0.15, 0.2) is 71.5 Å². The number of fused-ring (bicyclic) bond motifs is 1. The Kier molecular flexibility index (Phi) is 5.77. The number of rotatable bonds is 6. The summed E-state index contributed by atoms with van der Waals surface area (Å²) in [7, 11) is 0. The summed E-state index contributed by atoms with van der Waals surface area (Å²) >= 11 is 7.78. The zero-order chi connectivity index (χ0) is 22.1. The van der Waals surface area contributed by atoms with Gasteiger partial charge in [0.15, 0.2) is 0 Å². The van der Waals surface area contributed by atoms with Crippen molar-refractivity contribution in [3.63, 3.8) is 0 Å². The summed E-state index contributed by atoms with van der Waals surface area (Å²) < 4.78 is 14.6. The molecule has 0 bridgehead atoms. The van der Waals surface area contributed by atoms with Gasteiger partial charge in [-0.25, -0.2) is 0 Å². The molecule has 0 unspecified atom stereocenters. The molecule has 162 valence electrons. The van der Waals surface area contributed by atoms with E-state index in [2.05, 4.69) is 28.6 Å². The van der Waals surface area contributed by atoms with Crippen LogP contribution >= 0.6 is 23.1 Å². The number of aromatic amines is 1. The Labute approximate surface area is 195 Å². The molecule has 0 spiro atoms.